The van der Waals surface area contributed by atoms with E-state index in [4.69, 9.17) is 14.2 Å². The van der Waals surface area contributed by atoms with Gasteiger partial charge in [0.15, 0.2) is 6.10 Å². The standard InChI is InChI=1S/C42H80O6/c1-6-9-10-11-12-13-14-15-22-27-32-40(43)46-35-39(48-42(45)34-29-24-19-17-21-26-31-38(5)8-3)36-47-41(44)33-28-23-18-16-20-25-30-37(4)7-2/h37-39H,6-36H2,1-5H3/t37?,38?,39-/m1/s1. The highest BCUT2D eigenvalue weighted by Crippen LogP contribution is 2.17. The third kappa shape index (κ3) is 32.9. The minimum Gasteiger partial charge on any atom is -0.462 e. The Labute approximate surface area is 298 Å². The molecule has 0 aliphatic carbocycles. The highest BCUT2D eigenvalue weighted by Gasteiger charge is 2.19. The molecule has 0 N–H and O–H groups in total. The van der Waals surface area contributed by atoms with Crippen LogP contribution in [0.2, 0.25) is 0 Å². The Morgan fingerprint density at radius 1 is 0.417 bits per heavy atom. The normalized spacial score (nSPS) is 13.2. The summed E-state index contributed by atoms with van der Waals surface area (Å²) in [5.41, 5.74) is 0. The van der Waals surface area contributed by atoms with E-state index in [2.05, 4.69) is 34.6 Å². The number of carbonyl (C=O) groups excluding carboxylic acids is 3. The molecule has 0 spiro atoms. The van der Waals surface area contributed by atoms with Crippen molar-refractivity contribution in [2.75, 3.05) is 13.2 Å². The number of esters is 3. The lowest BCUT2D eigenvalue weighted by Gasteiger charge is -2.18. The van der Waals surface area contributed by atoms with Gasteiger partial charge in [0.05, 0.1) is 0 Å². The molecule has 284 valence electrons. The predicted octanol–water partition coefficient (Wildman–Crippen LogP) is 12.6. The summed E-state index contributed by atoms with van der Waals surface area (Å²) >= 11 is 0. The summed E-state index contributed by atoms with van der Waals surface area (Å²) in [6.45, 7) is 11.2. The van der Waals surface area contributed by atoms with Crippen molar-refractivity contribution in [3.05, 3.63) is 0 Å². The smallest absolute Gasteiger partial charge is 0.306 e. The van der Waals surface area contributed by atoms with E-state index >= 15 is 0 Å². The Balaban J connectivity index is 4.38. The van der Waals surface area contributed by atoms with Crippen LogP contribution in [0.3, 0.4) is 0 Å². The average molecular weight is 681 g/mol. The van der Waals surface area contributed by atoms with Crippen molar-refractivity contribution < 1.29 is 28.6 Å². The highest BCUT2D eigenvalue weighted by molar-refractivity contribution is 5.71. The predicted molar refractivity (Wildman–Crippen MR) is 201 cm³/mol. The molecule has 0 rings (SSSR count). The highest BCUT2D eigenvalue weighted by atomic mass is 16.6. The minimum atomic E-state index is -0.760. The molecule has 6 heteroatoms. The van der Waals surface area contributed by atoms with E-state index < -0.39 is 6.10 Å². The molecular weight excluding hydrogens is 600 g/mol. The largest absolute Gasteiger partial charge is 0.462 e. The summed E-state index contributed by atoms with van der Waals surface area (Å²) in [7, 11) is 0. The molecule has 6 nitrogen and oxygen atoms in total. The fourth-order valence-corrected chi connectivity index (χ4v) is 5.98. The number of ether oxygens (including phenoxy) is 3. The molecule has 0 fully saturated rings. The Hall–Kier alpha value is -1.59. The fraction of sp³-hybridized carbons (Fsp3) is 0.929. The third-order valence-corrected chi connectivity index (χ3v) is 9.94. The molecular formula is C42H80O6. The number of unbranched alkanes of at least 4 members (excludes halogenated alkanes) is 19. The van der Waals surface area contributed by atoms with E-state index in [1.807, 2.05) is 0 Å². The van der Waals surface area contributed by atoms with Gasteiger partial charge in [0.1, 0.15) is 13.2 Å². The van der Waals surface area contributed by atoms with Gasteiger partial charge in [-0.15, -0.1) is 0 Å². The zero-order valence-electron chi connectivity index (χ0n) is 32.6. The third-order valence-electron chi connectivity index (χ3n) is 9.94. The Bertz CT molecular complexity index is 738. The van der Waals surface area contributed by atoms with Gasteiger partial charge in [0.2, 0.25) is 0 Å². The lowest BCUT2D eigenvalue weighted by molar-refractivity contribution is -0.167. The first kappa shape index (κ1) is 46.4. The second-order valence-electron chi connectivity index (χ2n) is 14.8. The van der Waals surface area contributed by atoms with Crippen molar-refractivity contribution in [2.45, 2.75) is 227 Å². The molecule has 0 radical (unpaired) electrons. The van der Waals surface area contributed by atoms with E-state index in [0.717, 1.165) is 69.6 Å². The van der Waals surface area contributed by atoms with E-state index in [1.165, 1.54) is 109 Å². The quantitative estimate of drug-likeness (QED) is 0.0372. The molecule has 0 aromatic heterocycles. The van der Waals surface area contributed by atoms with Crippen LogP contribution in [0.25, 0.3) is 0 Å². The van der Waals surface area contributed by atoms with Gasteiger partial charge < -0.3 is 14.2 Å². The molecule has 0 aromatic carbocycles. The van der Waals surface area contributed by atoms with Crippen molar-refractivity contribution in [3.8, 4) is 0 Å². The topological polar surface area (TPSA) is 78.9 Å². The molecule has 0 heterocycles. The van der Waals surface area contributed by atoms with Gasteiger partial charge >= 0.3 is 17.9 Å². The molecule has 0 bridgehead atoms. The molecule has 0 aliphatic heterocycles. The number of hydrogen-bond acceptors (Lipinski definition) is 6. The van der Waals surface area contributed by atoms with Crippen LogP contribution < -0.4 is 0 Å². The van der Waals surface area contributed by atoms with E-state index in [0.29, 0.717) is 19.3 Å². The molecule has 2 unspecified atom stereocenters. The number of rotatable bonds is 36. The first-order chi connectivity index (χ1) is 23.3. The molecule has 0 saturated heterocycles. The molecule has 0 amide bonds. The van der Waals surface area contributed by atoms with Gasteiger partial charge in [0, 0.05) is 19.3 Å². The second-order valence-corrected chi connectivity index (χ2v) is 14.8. The zero-order chi connectivity index (χ0) is 35.5. The summed E-state index contributed by atoms with van der Waals surface area (Å²) in [6, 6.07) is 0. The monoisotopic (exact) mass is 681 g/mol. The summed E-state index contributed by atoms with van der Waals surface area (Å²) < 4.78 is 16.6. The molecule has 3 atom stereocenters. The summed E-state index contributed by atoms with van der Waals surface area (Å²) in [4.78, 5) is 37.5. The lowest BCUT2D eigenvalue weighted by atomic mass is 10.00. The van der Waals surface area contributed by atoms with Gasteiger partial charge in [-0.05, 0) is 31.1 Å². The van der Waals surface area contributed by atoms with Crippen molar-refractivity contribution in [1.29, 1.82) is 0 Å². The van der Waals surface area contributed by atoms with Crippen LogP contribution in [0.4, 0.5) is 0 Å². The van der Waals surface area contributed by atoms with Crippen LogP contribution in [0.1, 0.15) is 221 Å². The maximum atomic E-state index is 12.6. The minimum absolute atomic E-state index is 0.0670. The van der Waals surface area contributed by atoms with Crippen LogP contribution in [0.5, 0.6) is 0 Å². The maximum absolute atomic E-state index is 12.6. The first-order valence-corrected chi connectivity index (χ1v) is 20.8. The molecule has 0 aromatic rings. The molecule has 48 heavy (non-hydrogen) atoms. The number of hydrogen-bond donors (Lipinski definition) is 0. The fourth-order valence-electron chi connectivity index (χ4n) is 5.98. The Morgan fingerprint density at radius 3 is 1.08 bits per heavy atom. The van der Waals surface area contributed by atoms with Gasteiger partial charge in [-0.2, -0.15) is 0 Å². The SMILES string of the molecule is CCCCCCCCCCCCC(=O)OC[C@H](COC(=O)CCCCCCCCC(C)CC)OC(=O)CCCCCCCCC(C)CC. The van der Waals surface area contributed by atoms with Crippen LogP contribution in [-0.2, 0) is 28.6 Å². The maximum Gasteiger partial charge on any atom is 0.306 e. The first-order valence-electron chi connectivity index (χ1n) is 20.8. The van der Waals surface area contributed by atoms with E-state index in [-0.39, 0.29) is 31.1 Å². The van der Waals surface area contributed by atoms with E-state index in [1.54, 1.807) is 0 Å². The van der Waals surface area contributed by atoms with Crippen LogP contribution >= 0.6 is 0 Å². The van der Waals surface area contributed by atoms with E-state index in [9.17, 15) is 14.4 Å². The van der Waals surface area contributed by atoms with Crippen molar-refractivity contribution in [1.82, 2.24) is 0 Å². The van der Waals surface area contributed by atoms with Gasteiger partial charge in [-0.3, -0.25) is 14.4 Å². The van der Waals surface area contributed by atoms with Crippen molar-refractivity contribution >= 4 is 17.9 Å². The molecule has 0 aliphatic rings. The van der Waals surface area contributed by atoms with Gasteiger partial charge in [-0.25, -0.2) is 0 Å². The summed E-state index contributed by atoms with van der Waals surface area (Å²) in [5.74, 6) is 0.754. The Kier molecular flexibility index (Phi) is 34.1. The summed E-state index contributed by atoms with van der Waals surface area (Å²) in [6.07, 6.45) is 30.9. The van der Waals surface area contributed by atoms with Crippen LogP contribution in [-0.4, -0.2) is 37.2 Å². The number of carbonyl (C=O) groups is 3. The van der Waals surface area contributed by atoms with Crippen LogP contribution in [0, 0.1) is 11.8 Å². The van der Waals surface area contributed by atoms with Crippen LogP contribution in [0.15, 0.2) is 0 Å². The molecule has 0 saturated carbocycles. The summed E-state index contributed by atoms with van der Waals surface area (Å²) in [5, 5.41) is 0. The van der Waals surface area contributed by atoms with Crippen molar-refractivity contribution in [2.24, 2.45) is 11.8 Å². The zero-order valence-corrected chi connectivity index (χ0v) is 32.6. The Morgan fingerprint density at radius 2 is 0.729 bits per heavy atom. The van der Waals surface area contributed by atoms with Crippen molar-refractivity contribution in [3.63, 3.8) is 0 Å². The van der Waals surface area contributed by atoms with Gasteiger partial charge in [-0.1, -0.05) is 182 Å². The average Bonchev–Trinajstić information content (AvgIpc) is 3.08. The second kappa shape index (κ2) is 35.2. The lowest BCUT2D eigenvalue weighted by Crippen LogP contribution is -2.30. The van der Waals surface area contributed by atoms with Gasteiger partial charge in [0.25, 0.3) is 0 Å².